The summed E-state index contributed by atoms with van der Waals surface area (Å²) >= 11 is 0. The maximum atomic E-state index is 12.7. The van der Waals surface area contributed by atoms with Crippen molar-refractivity contribution in [3.8, 4) is 0 Å². The Balaban J connectivity index is 1.83. The third-order valence-electron chi connectivity index (χ3n) is 3.66. The van der Waals surface area contributed by atoms with Crippen molar-refractivity contribution in [2.24, 2.45) is 0 Å². The minimum absolute atomic E-state index is 0.0923. The summed E-state index contributed by atoms with van der Waals surface area (Å²) in [6, 6.07) is 13.7. The molecule has 1 aliphatic heterocycles. The lowest BCUT2D eigenvalue weighted by Crippen LogP contribution is -2.15. The molecule has 0 fully saturated rings. The Morgan fingerprint density at radius 2 is 1.85 bits per heavy atom. The molecule has 1 nitrogen and oxygen atoms in total. The summed E-state index contributed by atoms with van der Waals surface area (Å²) in [6.07, 6.45) is -3.71. The van der Waals surface area contributed by atoms with Gasteiger partial charge in [-0.25, -0.2) is 0 Å². The third-order valence-corrected chi connectivity index (χ3v) is 3.66. The van der Waals surface area contributed by atoms with Crippen molar-refractivity contribution in [2.75, 3.05) is 0 Å². The zero-order chi connectivity index (χ0) is 14.2. The predicted octanol–water partition coefficient (Wildman–Crippen LogP) is 4.09. The van der Waals surface area contributed by atoms with Crippen LogP contribution >= 0.6 is 0 Å². The van der Waals surface area contributed by atoms with Crippen LogP contribution in [0.4, 0.5) is 13.2 Å². The SMILES string of the molecule is FC(F)(F)c1cccc(CC2NCc3ccccc32)c1. The minimum Gasteiger partial charge on any atom is -0.306 e. The average Bonchev–Trinajstić information content (AvgIpc) is 2.82. The van der Waals surface area contributed by atoms with E-state index in [1.807, 2.05) is 18.2 Å². The molecule has 1 N–H and O–H groups in total. The zero-order valence-corrected chi connectivity index (χ0v) is 10.7. The highest BCUT2D eigenvalue weighted by atomic mass is 19.4. The van der Waals surface area contributed by atoms with Gasteiger partial charge in [-0.2, -0.15) is 13.2 Å². The number of alkyl halides is 3. The van der Waals surface area contributed by atoms with E-state index in [1.54, 1.807) is 6.07 Å². The molecule has 0 bridgehead atoms. The van der Waals surface area contributed by atoms with Crippen LogP contribution in [0.2, 0.25) is 0 Å². The minimum atomic E-state index is -4.28. The van der Waals surface area contributed by atoms with Crippen molar-refractivity contribution in [3.05, 3.63) is 70.8 Å². The normalized spacial score (nSPS) is 18.1. The highest BCUT2D eigenvalue weighted by Gasteiger charge is 2.30. The largest absolute Gasteiger partial charge is 0.416 e. The molecule has 4 heteroatoms. The summed E-state index contributed by atoms with van der Waals surface area (Å²) in [5.74, 6) is 0. The summed E-state index contributed by atoms with van der Waals surface area (Å²) in [5, 5.41) is 3.35. The highest BCUT2D eigenvalue weighted by Crippen LogP contribution is 2.32. The summed E-state index contributed by atoms with van der Waals surface area (Å²) in [5.41, 5.74) is 2.53. The van der Waals surface area contributed by atoms with Crippen molar-refractivity contribution in [2.45, 2.75) is 25.2 Å². The molecule has 20 heavy (non-hydrogen) atoms. The van der Waals surface area contributed by atoms with Crippen molar-refractivity contribution in [1.29, 1.82) is 0 Å². The van der Waals surface area contributed by atoms with Crippen LogP contribution in [0.25, 0.3) is 0 Å². The number of benzene rings is 2. The van der Waals surface area contributed by atoms with Gasteiger partial charge in [0.1, 0.15) is 0 Å². The maximum absolute atomic E-state index is 12.7. The molecule has 0 saturated carbocycles. The van der Waals surface area contributed by atoms with Crippen LogP contribution in [0.15, 0.2) is 48.5 Å². The fourth-order valence-electron chi connectivity index (χ4n) is 2.67. The quantitative estimate of drug-likeness (QED) is 0.871. The van der Waals surface area contributed by atoms with E-state index in [9.17, 15) is 13.2 Å². The molecule has 104 valence electrons. The average molecular weight is 277 g/mol. The smallest absolute Gasteiger partial charge is 0.306 e. The Hall–Kier alpha value is -1.81. The second-order valence-electron chi connectivity index (χ2n) is 5.03. The van der Waals surface area contributed by atoms with Gasteiger partial charge in [0.25, 0.3) is 0 Å². The second-order valence-corrected chi connectivity index (χ2v) is 5.03. The van der Waals surface area contributed by atoms with E-state index in [0.29, 0.717) is 12.0 Å². The molecule has 1 unspecified atom stereocenters. The van der Waals surface area contributed by atoms with Crippen molar-refractivity contribution in [1.82, 2.24) is 5.32 Å². The van der Waals surface area contributed by atoms with Gasteiger partial charge in [0.05, 0.1) is 5.56 Å². The van der Waals surface area contributed by atoms with Gasteiger partial charge in [-0.1, -0.05) is 42.5 Å². The van der Waals surface area contributed by atoms with Crippen LogP contribution in [0.1, 0.15) is 28.3 Å². The van der Waals surface area contributed by atoms with E-state index < -0.39 is 11.7 Å². The molecule has 0 saturated heterocycles. The van der Waals surface area contributed by atoms with Crippen molar-refractivity contribution >= 4 is 0 Å². The van der Waals surface area contributed by atoms with Gasteiger partial charge in [0.15, 0.2) is 0 Å². The lowest BCUT2D eigenvalue weighted by Gasteiger charge is -2.14. The monoisotopic (exact) mass is 277 g/mol. The molecule has 3 rings (SSSR count). The lowest BCUT2D eigenvalue weighted by atomic mass is 9.97. The van der Waals surface area contributed by atoms with E-state index in [1.165, 1.54) is 23.3 Å². The van der Waals surface area contributed by atoms with E-state index in [0.717, 1.165) is 12.6 Å². The Morgan fingerprint density at radius 3 is 2.65 bits per heavy atom. The first kappa shape index (κ1) is 13.2. The Morgan fingerprint density at radius 1 is 1.05 bits per heavy atom. The molecular formula is C16H14F3N. The molecule has 0 amide bonds. The van der Waals surface area contributed by atoms with E-state index in [-0.39, 0.29) is 6.04 Å². The number of hydrogen-bond donors (Lipinski definition) is 1. The Kier molecular flexibility index (Phi) is 3.26. The first-order valence-corrected chi connectivity index (χ1v) is 6.51. The van der Waals surface area contributed by atoms with Gasteiger partial charge in [0, 0.05) is 12.6 Å². The molecule has 1 aliphatic rings. The summed E-state index contributed by atoms with van der Waals surface area (Å²) in [4.78, 5) is 0. The molecule has 1 heterocycles. The van der Waals surface area contributed by atoms with E-state index >= 15 is 0 Å². The fourth-order valence-corrected chi connectivity index (χ4v) is 2.67. The lowest BCUT2D eigenvalue weighted by molar-refractivity contribution is -0.137. The van der Waals surface area contributed by atoms with Gasteiger partial charge in [-0.3, -0.25) is 0 Å². The standard InChI is InChI=1S/C16H14F3N/c17-16(18,19)13-6-3-4-11(8-13)9-15-14-7-2-1-5-12(14)10-20-15/h1-8,15,20H,9-10H2. The number of rotatable bonds is 2. The van der Waals surface area contributed by atoms with Crippen LogP contribution < -0.4 is 5.32 Å². The summed E-state index contributed by atoms with van der Waals surface area (Å²) < 4.78 is 38.1. The molecule has 0 spiro atoms. The van der Waals surface area contributed by atoms with Crippen molar-refractivity contribution < 1.29 is 13.2 Å². The van der Waals surface area contributed by atoms with E-state index in [4.69, 9.17) is 0 Å². The number of hydrogen-bond acceptors (Lipinski definition) is 1. The van der Waals surface area contributed by atoms with Gasteiger partial charge < -0.3 is 5.32 Å². The van der Waals surface area contributed by atoms with Gasteiger partial charge >= 0.3 is 6.18 Å². The van der Waals surface area contributed by atoms with E-state index in [2.05, 4.69) is 11.4 Å². The molecule has 0 radical (unpaired) electrons. The van der Waals surface area contributed by atoms with Crippen LogP contribution in [-0.2, 0) is 19.1 Å². The van der Waals surface area contributed by atoms with Crippen LogP contribution in [0.5, 0.6) is 0 Å². The maximum Gasteiger partial charge on any atom is 0.416 e. The Bertz CT molecular complexity index is 619. The summed E-state index contributed by atoms with van der Waals surface area (Å²) in [7, 11) is 0. The molecule has 0 aliphatic carbocycles. The molecular weight excluding hydrogens is 263 g/mol. The number of halogens is 3. The van der Waals surface area contributed by atoms with Crippen LogP contribution in [0.3, 0.4) is 0 Å². The number of nitrogens with one attached hydrogen (secondary N) is 1. The zero-order valence-electron chi connectivity index (χ0n) is 10.7. The molecule has 0 aromatic heterocycles. The second kappa shape index (κ2) is 4.94. The van der Waals surface area contributed by atoms with Gasteiger partial charge in [-0.05, 0) is 29.2 Å². The van der Waals surface area contributed by atoms with Gasteiger partial charge in [-0.15, -0.1) is 0 Å². The topological polar surface area (TPSA) is 12.0 Å². The van der Waals surface area contributed by atoms with Gasteiger partial charge in [0.2, 0.25) is 0 Å². The molecule has 2 aromatic rings. The first-order valence-electron chi connectivity index (χ1n) is 6.51. The van der Waals surface area contributed by atoms with Crippen LogP contribution in [-0.4, -0.2) is 0 Å². The van der Waals surface area contributed by atoms with Crippen molar-refractivity contribution in [3.63, 3.8) is 0 Å². The Labute approximate surface area is 115 Å². The number of fused-ring (bicyclic) bond motifs is 1. The predicted molar refractivity (Wildman–Crippen MR) is 71.2 cm³/mol. The fraction of sp³-hybridized carbons (Fsp3) is 0.250. The third kappa shape index (κ3) is 2.56. The molecule has 1 atom stereocenters. The van der Waals surface area contributed by atoms with Crippen LogP contribution in [0, 0.1) is 0 Å². The highest BCUT2D eigenvalue weighted by molar-refractivity contribution is 5.36. The summed E-state index contributed by atoms with van der Waals surface area (Å²) in [6.45, 7) is 0.778. The molecule has 2 aromatic carbocycles. The first-order chi connectivity index (χ1) is 9.54.